The van der Waals surface area contributed by atoms with Crippen LogP contribution in [0.4, 0.5) is 39.5 Å². The zero-order valence-corrected chi connectivity index (χ0v) is 18.0. The molecule has 0 radical (unpaired) electrons. The molecule has 0 unspecified atom stereocenters. The van der Waals surface area contributed by atoms with Crippen LogP contribution in [0, 0.1) is 73.1 Å². The Labute approximate surface area is 184 Å². The maximum absolute atomic E-state index is 14.2. The van der Waals surface area contributed by atoms with Crippen molar-refractivity contribution in [3.05, 3.63) is 81.2 Å². The molecule has 170 valence electrons. The predicted molar refractivity (Wildman–Crippen MR) is 101 cm³/mol. The number of hydrogen-bond acceptors (Lipinski definition) is 2. The van der Waals surface area contributed by atoms with Crippen molar-refractivity contribution in [2.45, 2.75) is 40.4 Å². The fraction of sp³-hybridized carbons (Fsp3) is 0.143. The van der Waals surface area contributed by atoms with E-state index in [1.807, 2.05) is 0 Å². The molecule has 0 nitrogen and oxygen atoms in total. The molecule has 0 saturated carbocycles. The Morgan fingerprint density at radius 2 is 0.719 bits per heavy atom. The van der Waals surface area contributed by atoms with Crippen LogP contribution in [-0.2, 0) is 0 Å². The lowest BCUT2D eigenvalue weighted by molar-refractivity contribution is 0.361. The smallest absolute Gasteiger partial charge is 0.200 e. The van der Waals surface area contributed by atoms with Gasteiger partial charge in [0.1, 0.15) is 0 Å². The Morgan fingerprint density at radius 3 is 1.06 bits per heavy atom. The van der Waals surface area contributed by atoms with E-state index in [1.165, 1.54) is 26.0 Å². The lowest BCUT2D eigenvalue weighted by atomic mass is 10.2. The van der Waals surface area contributed by atoms with Crippen LogP contribution in [0.5, 0.6) is 0 Å². The van der Waals surface area contributed by atoms with E-state index in [0.717, 1.165) is 6.92 Å². The first-order valence-electron chi connectivity index (χ1n) is 8.67. The normalized spacial score (nSPS) is 11.4. The van der Waals surface area contributed by atoms with Crippen LogP contribution < -0.4 is 0 Å². The second-order valence-electron chi connectivity index (χ2n) is 6.70. The molecule has 0 atom stereocenters. The van der Waals surface area contributed by atoms with Crippen LogP contribution in [0.1, 0.15) is 16.7 Å². The summed E-state index contributed by atoms with van der Waals surface area (Å²) in [6, 6.07) is 2.60. The number of aryl methyl sites for hydroxylation is 2. The Morgan fingerprint density at radius 1 is 0.438 bits per heavy atom. The quantitative estimate of drug-likeness (QED) is 0.202. The fourth-order valence-electron chi connectivity index (χ4n) is 2.69. The highest BCUT2D eigenvalue weighted by molar-refractivity contribution is 8.00. The first-order chi connectivity index (χ1) is 14.9. The highest BCUT2D eigenvalue weighted by Gasteiger charge is 2.27. The van der Waals surface area contributed by atoms with Crippen LogP contribution in [0.2, 0.25) is 0 Å². The van der Waals surface area contributed by atoms with Crippen LogP contribution in [0.3, 0.4) is 0 Å². The van der Waals surface area contributed by atoms with Gasteiger partial charge in [0.15, 0.2) is 46.5 Å². The topological polar surface area (TPSA) is 0 Å². The molecule has 0 aliphatic rings. The summed E-state index contributed by atoms with van der Waals surface area (Å²) >= 11 is 0.663. The highest BCUT2D eigenvalue weighted by atomic mass is 32.2. The van der Waals surface area contributed by atoms with Crippen LogP contribution >= 0.6 is 23.5 Å². The van der Waals surface area contributed by atoms with Gasteiger partial charge in [-0.15, -0.1) is 0 Å². The first kappa shape index (κ1) is 24.4. The van der Waals surface area contributed by atoms with Crippen molar-refractivity contribution in [1.82, 2.24) is 0 Å². The summed E-state index contributed by atoms with van der Waals surface area (Å²) in [5, 5.41) is 0. The summed E-state index contributed by atoms with van der Waals surface area (Å²) in [5.74, 6) is -16.7. The second kappa shape index (κ2) is 8.93. The summed E-state index contributed by atoms with van der Waals surface area (Å²) in [5.41, 5.74) is -0.292. The summed E-state index contributed by atoms with van der Waals surface area (Å²) in [6.45, 7) is 3.73. The molecular weight excluding hydrogens is 487 g/mol. The van der Waals surface area contributed by atoms with E-state index in [4.69, 9.17) is 0 Å². The molecule has 0 N–H and O–H groups in total. The minimum absolute atomic E-state index is 0.0947. The maximum Gasteiger partial charge on any atom is 0.200 e. The average molecular weight is 498 g/mol. The second-order valence-corrected chi connectivity index (χ2v) is 8.80. The Balaban J connectivity index is 2.03. The standard InChI is InChI=1S/C21H11F9S2/c1-6-5-10(32-21-18(29)14(25)13(24)15(26)19(21)30)7(2)4-9(6)31-20-16(27)11(22)8(3)12(23)17(20)28/h4-5H,1-3H3. The lowest BCUT2D eigenvalue weighted by Crippen LogP contribution is -2.03. The fourth-order valence-corrected chi connectivity index (χ4v) is 4.76. The Hall–Kier alpha value is -2.27. The van der Waals surface area contributed by atoms with E-state index >= 15 is 0 Å². The molecule has 0 aromatic heterocycles. The summed E-state index contributed by atoms with van der Waals surface area (Å²) in [6.07, 6.45) is 0. The molecule has 0 heterocycles. The number of hydrogen-bond donors (Lipinski definition) is 0. The zero-order valence-electron chi connectivity index (χ0n) is 16.4. The van der Waals surface area contributed by atoms with Crippen molar-refractivity contribution in [1.29, 1.82) is 0 Å². The molecule has 32 heavy (non-hydrogen) atoms. The van der Waals surface area contributed by atoms with Crippen LogP contribution in [0.15, 0.2) is 31.7 Å². The molecule has 0 bridgehead atoms. The van der Waals surface area contributed by atoms with Gasteiger partial charge in [0.05, 0.1) is 9.79 Å². The van der Waals surface area contributed by atoms with Gasteiger partial charge in [-0.1, -0.05) is 23.5 Å². The molecule has 3 aromatic carbocycles. The van der Waals surface area contributed by atoms with Gasteiger partial charge in [-0.25, -0.2) is 39.5 Å². The molecule has 3 rings (SSSR count). The van der Waals surface area contributed by atoms with Crippen molar-refractivity contribution in [3.8, 4) is 0 Å². The monoisotopic (exact) mass is 498 g/mol. The van der Waals surface area contributed by atoms with Crippen molar-refractivity contribution in [2.75, 3.05) is 0 Å². The number of halogens is 9. The summed E-state index contributed by atoms with van der Waals surface area (Å²) in [4.78, 5) is -1.79. The van der Waals surface area contributed by atoms with Crippen molar-refractivity contribution in [2.24, 2.45) is 0 Å². The van der Waals surface area contributed by atoms with Gasteiger partial charge in [0.2, 0.25) is 5.82 Å². The summed E-state index contributed by atoms with van der Waals surface area (Å²) in [7, 11) is 0. The van der Waals surface area contributed by atoms with Gasteiger partial charge in [-0.05, 0) is 44.0 Å². The third-order valence-corrected chi connectivity index (χ3v) is 6.95. The maximum atomic E-state index is 14.2. The molecular formula is C21H11F9S2. The van der Waals surface area contributed by atoms with Gasteiger partial charge >= 0.3 is 0 Å². The van der Waals surface area contributed by atoms with Crippen molar-refractivity contribution in [3.63, 3.8) is 0 Å². The van der Waals surface area contributed by atoms with E-state index in [2.05, 4.69) is 0 Å². The van der Waals surface area contributed by atoms with E-state index in [1.54, 1.807) is 0 Å². The SMILES string of the molecule is Cc1cc(Sc2c(F)c(F)c(F)c(F)c2F)c(C)cc1Sc1c(F)c(F)c(C)c(F)c1F. The lowest BCUT2D eigenvalue weighted by Gasteiger charge is -2.14. The molecule has 0 aliphatic carbocycles. The Bertz CT molecular complexity index is 1100. The number of rotatable bonds is 4. The predicted octanol–water partition coefficient (Wildman–Crippen LogP) is 8.17. The summed E-state index contributed by atoms with van der Waals surface area (Å²) < 4.78 is 124. The van der Waals surface area contributed by atoms with Crippen molar-refractivity contribution < 1.29 is 39.5 Å². The third-order valence-electron chi connectivity index (χ3n) is 4.51. The minimum Gasteiger partial charge on any atom is -0.203 e. The van der Waals surface area contributed by atoms with E-state index < -0.39 is 67.7 Å². The van der Waals surface area contributed by atoms with Crippen molar-refractivity contribution >= 4 is 23.5 Å². The molecule has 0 amide bonds. The molecule has 3 aromatic rings. The van der Waals surface area contributed by atoms with E-state index in [9.17, 15) is 39.5 Å². The number of benzene rings is 3. The van der Waals surface area contributed by atoms with Gasteiger partial charge in [0.25, 0.3) is 0 Å². The van der Waals surface area contributed by atoms with E-state index in [-0.39, 0.29) is 32.7 Å². The largest absolute Gasteiger partial charge is 0.203 e. The average Bonchev–Trinajstić information content (AvgIpc) is 2.76. The van der Waals surface area contributed by atoms with Gasteiger partial charge in [-0.3, -0.25) is 0 Å². The van der Waals surface area contributed by atoms with E-state index in [0.29, 0.717) is 11.8 Å². The molecule has 0 spiro atoms. The zero-order chi connectivity index (χ0) is 24.1. The molecule has 0 aliphatic heterocycles. The first-order valence-corrected chi connectivity index (χ1v) is 10.3. The van der Waals surface area contributed by atoms with Crippen LogP contribution in [0.25, 0.3) is 0 Å². The molecule has 0 fully saturated rings. The van der Waals surface area contributed by atoms with Crippen LogP contribution in [-0.4, -0.2) is 0 Å². The molecule has 0 saturated heterocycles. The van der Waals surface area contributed by atoms with Gasteiger partial charge < -0.3 is 0 Å². The Kier molecular flexibility index (Phi) is 6.80. The third kappa shape index (κ3) is 4.07. The minimum atomic E-state index is -2.29. The molecule has 11 heteroatoms. The van der Waals surface area contributed by atoms with Gasteiger partial charge in [-0.2, -0.15) is 0 Å². The highest BCUT2D eigenvalue weighted by Crippen LogP contribution is 2.42. The van der Waals surface area contributed by atoms with Gasteiger partial charge in [0, 0.05) is 15.4 Å².